The number of epoxide rings is 1. The zero-order valence-electron chi connectivity index (χ0n) is 11.2. The van der Waals surface area contributed by atoms with Crippen molar-refractivity contribution in [2.75, 3.05) is 0 Å². The molecule has 1 rings (SSSR count). The van der Waals surface area contributed by atoms with E-state index in [1.807, 2.05) is 0 Å². The van der Waals surface area contributed by atoms with Gasteiger partial charge < -0.3 is 4.74 Å². The van der Waals surface area contributed by atoms with Crippen LogP contribution < -0.4 is 0 Å². The van der Waals surface area contributed by atoms with Gasteiger partial charge >= 0.3 is 0 Å². The Kier molecular flexibility index (Phi) is 4.70. The first kappa shape index (κ1) is 13.1. The summed E-state index contributed by atoms with van der Waals surface area (Å²) in [5.41, 5.74) is 0. The zero-order chi connectivity index (χ0) is 11.5. The van der Waals surface area contributed by atoms with Gasteiger partial charge in [0.25, 0.3) is 0 Å². The van der Waals surface area contributed by atoms with Crippen molar-refractivity contribution in [2.45, 2.75) is 83.6 Å². The second-order valence-corrected chi connectivity index (χ2v) is 5.88. The monoisotopic (exact) mass is 210 g/mol. The lowest BCUT2D eigenvalue weighted by atomic mass is 9.44. The average molecular weight is 210 g/mol. The molecule has 1 nitrogen and oxygen atoms in total. The Morgan fingerprint density at radius 2 is 1.73 bits per heavy atom. The van der Waals surface area contributed by atoms with E-state index in [1.54, 1.807) is 0 Å². The quantitative estimate of drug-likeness (QED) is 0.460. The molecule has 0 amide bonds. The van der Waals surface area contributed by atoms with Crippen molar-refractivity contribution in [3.63, 3.8) is 0 Å². The minimum Gasteiger partial charge on any atom is -0.370 e. The Morgan fingerprint density at radius 3 is 2.13 bits per heavy atom. The fourth-order valence-corrected chi connectivity index (χ4v) is 2.70. The van der Waals surface area contributed by atoms with Crippen molar-refractivity contribution in [3.05, 3.63) is 0 Å². The largest absolute Gasteiger partial charge is 0.370 e. The molecule has 0 aromatic carbocycles. The Bertz CT molecular complexity index is 187. The molecule has 0 radical (unpaired) electrons. The second kappa shape index (κ2) is 5.38. The molecule has 0 saturated carbocycles. The molecule has 1 saturated heterocycles. The van der Waals surface area contributed by atoms with Crippen LogP contribution in [0.1, 0.15) is 60.3 Å². The number of hydrogen-bond acceptors (Lipinski definition) is 1. The van der Waals surface area contributed by atoms with Crippen molar-refractivity contribution >= 4 is 7.28 Å². The van der Waals surface area contributed by atoms with E-state index in [0.717, 1.165) is 5.82 Å². The highest BCUT2D eigenvalue weighted by Crippen LogP contribution is 2.42. The molecule has 0 spiro atoms. The van der Waals surface area contributed by atoms with Gasteiger partial charge in [-0.3, -0.25) is 0 Å². The summed E-state index contributed by atoms with van der Waals surface area (Å²) in [4.78, 5) is 0. The zero-order valence-corrected chi connectivity index (χ0v) is 11.2. The number of rotatable bonds is 7. The molecule has 2 unspecified atom stereocenters. The van der Waals surface area contributed by atoms with Gasteiger partial charge in [0.05, 0.1) is 12.2 Å². The summed E-state index contributed by atoms with van der Waals surface area (Å²) < 4.78 is 5.65. The minimum atomic E-state index is 0.464. The molecule has 0 bridgehead atoms. The maximum Gasteiger partial charge on any atom is 0.130 e. The molecule has 0 aliphatic carbocycles. The van der Waals surface area contributed by atoms with Crippen LogP contribution in [-0.4, -0.2) is 19.5 Å². The number of ether oxygens (including phenoxy) is 1. The predicted molar refractivity (Wildman–Crippen MR) is 69.1 cm³/mol. The summed E-state index contributed by atoms with van der Waals surface area (Å²) in [6.07, 6.45) is 6.23. The SMILES string of the molecule is CCC(BC(C)(C)CC1OC1CC)CC. The molecule has 1 fully saturated rings. The maximum absolute atomic E-state index is 5.65. The van der Waals surface area contributed by atoms with Gasteiger partial charge in [0.15, 0.2) is 0 Å². The predicted octanol–water partition coefficient (Wildman–Crippen LogP) is 3.80. The van der Waals surface area contributed by atoms with Gasteiger partial charge in [0.1, 0.15) is 7.28 Å². The Balaban J connectivity index is 2.31. The lowest BCUT2D eigenvalue weighted by Crippen LogP contribution is -2.20. The molecule has 0 aromatic rings. The lowest BCUT2D eigenvalue weighted by molar-refractivity contribution is 0.346. The molecule has 0 N–H and O–H groups in total. The van der Waals surface area contributed by atoms with Crippen LogP contribution in [0.4, 0.5) is 0 Å². The molecular formula is C13H27BO. The third kappa shape index (κ3) is 4.18. The normalized spacial score (nSPS) is 25.7. The van der Waals surface area contributed by atoms with Gasteiger partial charge in [0, 0.05) is 0 Å². The fraction of sp³-hybridized carbons (Fsp3) is 1.00. The summed E-state index contributed by atoms with van der Waals surface area (Å²) in [6, 6.07) is 0. The second-order valence-electron chi connectivity index (χ2n) is 5.88. The average Bonchev–Trinajstić information content (AvgIpc) is 2.92. The van der Waals surface area contributed by atoms with Crippen LogP contribution in [0.5, 0.6) is 0 Å². The highest BCUT2D eigenvalue weighted by molar-refractivity contribution is 6.41. The number of hydrogen-bond donors (Lipinski definition) is 0. The fourth-order valence-electron chi connectivity index (χ4n) is 2.70. The van der Waals surface area contributed by atoms with Crippen LogP contribution in [0.25, 0.3) is 0 Å². The third-order valence-corrected chi connectivity index (χ3v) is 3.84. The van der Waals surface area contributed by atoms with Gasteiger partial charge in [-0.05, 0) is 12.8 Å². The summed E-state index contributed by atoms with van der Waals surface area (Å²) in [5, 5.41) is 0.464. The molecular weight excluding hydrogens is 183 g/mol. The third-order valence-electron chi connectivity index (χ3n) is 3.84. The van der Waals surface area contributed by atoms with Crippen molar-refractivity contribution in [3.8, 4) is 0 Å². The molecule has 88 valence electrons. The van der Waals surface area contributed by atoms with E-state index in [1.165, 1.54) is 33.0 Å². The molecule has 1 aliphatic heterocycles. The van der Waals surface area contributed by atoms with Gasteiger partial charge in [-0.1, -0.05) is 58.6 Å². The summed E-state index contributed by atoms with van der Waals surface area (Å²) >= 11 is 0. The van der Waals surface area contributed by atoms with Crippen molar-refractivity contribution in [1.29, 1.82) is 0 Å². The molecule has 2 heteroatoms. The van der Waals surface area contributed by atoms with E-state index in [2.05, 4.69) is 34.6 Å². The van der Waals surface area contributed by atoms with Crippen LogP contribution in [0.2, 0.25) is 11.1 Å². The van der Waals surface area contributed by atoms with Crippen LogP contribution in [0, 0.1) is 0 Å². The highest BCUT2D eigenvalue weighted by Gasteiger charge is 2.41. The van der Waals surface area contributed by atoms with Crippen molar-refractivity contribution in [2.24, 2.45) is 0 Å². The van der Waals surface area contributed by atoms with Crippen LogP contribution in [-0.2, 0) is 4.74 Å². The Morgan fingerprint density at radius 1 is 1.13 bits per heavy atom. The van der Waals surface area contributed by atoms with E-state index in [4.69, 9.17) is 4.74 Å². The smallest absolute Gasteiger partial charge is 0.130 e. The van der Waals surface area contributed by atoms with Crippen LogP contribution in [0.3, 0.4) is 0 Å². The Hall–Kier alpha value is 0.0249. The van der Waals surface area contributed by atoms with Gasteiger partial charge in [-0.15, -0.1) is 0 Å². The topological polar surface area (TPSA) is 12.5 Å². The van der Waals surface area contributed by atoms with Crippen molar-refractivity contribution < 1.29 is 4.74 Å². The van der Waals surface area contributed by atoms with E-state index < -0.39 is 0 Å². The standard InChI is InChI=1S/C13H27BO/c1-6-10(7-2)14-13(4,5)9-12-11(8-3)15-12/h10-12,14H,6-9H2,1-5H3. The van der Waals surface area contributed by atoms with E-state index in [-0.39, 0.29) is 0 Å². The first-order chi connectivity index (χ1) is 7.02. The summed E-state index contributed by atoms with van der Waals surface area (Å²) in [5.74, 6) is 0.902. The minimum absolute atomic E-state index is 0.464. The maximum atomic E-state index is 5.65. The molecule has 15 heavy (non-hydrogen) atoms. The summed E-state index contributed by atoms with van der Waals surface area (Å²) in [7, 11) is 1.36. The van der Waals surface area contributed by atoms with Crippen molar-refractivity contribution in [1.82, 2.24) is 0 Å². The first-order valence-electron chi connectivity index (χ1n) is 6.67. The molecule has 1 aliphatic rings. The van der Waals surface area contributed by atoms with E-state index in [9.17, 15) is 0 Å². The lowest BCUT2D eigenvalue weighted by Gasteiger charge is -2.27. The van der Waals surface area contributed by atoms with E-state index in [0.29, 0.717) is 17.5 Å². The van der Waals surface area contributed by atoms with Crippen LogP contribution in [0.15, 0.2) is 0 Å². The molecule has 2 atom stereocenters. The first-order valence-corrected chi connectivity index (χ1v) is 6.67. The van der Waals surface area contributed by atoms with Crippen LogP contribution >= 0.6 is 0 Å². The summed E-state index contributed by atoms with van der Waals surface area (Å²) in [6.45, 7) is 11.7. The van der Waals surface area contributed by atoms with Gasteiger partial charge in [0.2, 0.25) is 0 Å². The molecule has 1 heterocycles. The van der Waals surface area contributed by atoms with Gasteiger partial charge in [-0.2, -0.15) is 0 Å². The molecule has 0 aromatic heterocycles. The van der Waals surface area contributed by atoms with Gasteiger partial charge in [-0.25, -0.2) is 0 Å². The van der Waals surface area contributed by atoms with E-state index >= 15 is 0 Å². The Labute approximate surface area is 96.2 Å². The highest BCUT2D eigenvalue weighted by atomic mass is 16.6.